The van der Waals surface area contributed by atoms with Crippen LogP contribution in [0.4, 0.5) is 16.2 Å². The van der Waals surface area contributed by atoms with Crippen molar-refractivity contribution in [3.63, 3.8) is 0 Å². The van der Waals surface area contributed by atoms with E-state index in [9.17, 15) is 29.3 Å². The first kappa shape index (κ1) is 28.1. The van der Waals surface area contributed by atoms with Crippen LogP contribution in [0.15, 0.2) is 85.7 Å². The summed E-state index contributed by atoms with van der Waals surface area (Å²) in [4.78, 5) is 62.2. The average molecular weight is 720 g/mol. The Labute approximate surface area is 245 Å². The number of esters is 1. The molecule has 196 valence electrons. The quantitative estimate of drug-likeness (QED) is 0.0804. The Morgan fingerprint density at radius 3 is 2.38 bits per heavy atom. The lowest BCUT2D eigenvalue weighted by Gasteiger charge is -2.26. The average Bonchev–Trinajstić information content (AvgIpc) is 2.88. The minimum absolute atomic E-state index is 0.00733. The number of carbonyl (C=O) groups excluding carboxylic acids is 4. The summed E-state index contributed by atoms with van der Waals surface area (Å²) in [6.45, 7) is 0. The third-order valence-electron chi connectivity index (χ3n) is 5.22. The molecule has 1 fully saturated rings. The largest absolute Gasteiger partial charge is 0.422 e. The first-order valence-electron chi connectivity index (χ1n) is 10.8. The standard InChI is InChI=1S/C26H14Br3N3O7/c27-16-5-7-18(8-6-16)31-25(35)20(24(34)30-26(31)36)12-15-11-17(28)13-21(29)23(15)39-22(33)9-4-14-2-1-3-19(10-14)32(37)38/h1-13H,(H,30,34,36)/b9-4+,20-12-. The van der Waals surface area contributed by atoms with E-state index in [4.69, 9.17) is 4.74 Å². The molecule has 3 aromatic rings. The molecule has 4 rings (SSSR count). The number of nitrogens with zero attached hydrogens (tertiary/aromatic N) is 2. The maximum Gasteiger partial charge on any atom is 0.336 e. The van der Waals surface area contributed by atoms with Crippen LogP contribution < -0.4 is 15.0 Å². The van der Waals surface area contributed by atoms with Crippen LogP contribution in [0.3, 0.4) is 0 Å². The lowest BCUT2D eigenvalue weighted by atomic mass is 10.1. The SMILES string of the molecule is O=C(/C=C/c1cccc([N+](=O)[O-])c1)Oc1c(Br)cc(Br)cc1/C=C1/C(=O)NC(=O)N(c2ccc(Br)cc2)C1=O. The van der Waals surface area contributed by atoms with Crippen molar-refractivity contribution in [2.75, 3.05) is 4.90 Å². The van der Waals surface area contributed by atoms with E-state index in [1.807, 2.05) is 0 Å². The number of imide groups is 2. The summed E-state index contributed by atoms with van der Waals surface area (Å²) in [6, 6.07) is 14.2. The second kappa shape index (κ2) is 11.8. The fourth-order valence-corrected chi connectivity index (χ4v) is 5.08. The van der Waals surface area contributed by atoms with Gasteiger partial charge in [0.2, 0.25) is 0 Å². The summed E-state index contributed by atoms with van der Waals surface area (Å²) >= 11 is 9.94. The summed E-state index contributed by atoms with van der Waals surface area (Å²) < 4.78 is 7.08. The number of barbiturate groups is 1. The van der Waals surface area contributed by atoms with Crippen LogP contribution in [0, 0.1) is 10.1 Å². The zero-order valence-electron chi connectivity index (χ0n) is 19.4. The number of nitrogens with one attached hydrogen (secondary N) is 1. The van der Waals surface area contributed by atoms with Crippen LogP contribution in [0.1, 0.15) is 11.1 Å². The zero-order valence-corrected chi connectivity index (χ0v) is 24.1. The molecule has 1 aliphatic rings. The molecule has 0 saturated carbocycles. The van der Waals surface area contributed by atoms with E-state index < -0.39 is 28.7 Å². The second-order valence-electron chi connectivity index (χ2n) is 7.85. The molecule has 1 heterocycles. The van der Waals surface area contributed by atoms with Gasteiger partial charge < -0.3 is 4.74 Å². The highest BCUT2D eigenvalue weighted by atomic mass is 79.9. The number of benzene rings is 3. The maximum atomic E-state index is 13.2. The molecule has 0 aliphatic carbocycles. The summed E-state index contributed by atoms with van der Waals surface area (Å²) in [5.74, 6) is -2.62. The number of nitro groups is 1. The summed E-state index contributed by atoms with van der Waals surface area (Å²) in [5, 5.41) is 13.1. The number of halogens is 3. The van der Waals surface area contributed by atoms with Crippen molar-refractivity contribution in [1.29, 1.82) is 0 Å². The van der Waals surface area contributed by atoms with Crippen molar-refractivity contribution in [2.45, 2.75) is 0 Å². The third-order valence-corrected chi connectivity index (χ3v) is 6.79. The Balaban J connectivity index is 1.66. The van der Waals surface area contributed by atoms with Gasteiger partial charge in [-0.25, -0.2) is 14.5 Å². The number of urea groups is 1. The number of anilines is 1. The lowest BCUT2D eigenvalue weighted by Crippen LogP contribution is -2.54. The van der Waals surface area contributed by atoms with Gasteiger partial charge >= 0.3 is 12.0 Å². The molecule has 10 nitrogen and oxygen atoms in total. The van der Waals surface area contributed by atoms with Crippen molar-refractivity contribution >= 4 is 95.1 Å². The van der Waals surface area contributed by atoms with E-state index in [2.05, 4.69) is 53.1 Å². The lowest BCUT2D eigenvalue weighted by molar-refractivity contribution is -0.384. The minimum atomic E-state index is -0.919. The molecule has 0 atom stereocenters. The minimum Gasteiger partial charge on any atom is -0.422 e. The monoisotopic (exact) mass is 717 g/mol. The molecular formula is C26H14Br3N3O7. The van der Waals surface area contributed by atoms with Crippen molar-refractivity contribution in [3.05, 3.63) is 107 Å². The molecule has 0 spiro atoms. The van der Waals surface area contributed by atoms with E-state index in [0.29, 0.717) is 14.5 Å². The molecule has 0 unspecified atom stereocenters. The third kappa shape index (κ3) is 6.56. The van der Waals surface area contributed by atoms with Gasteiger partial charge in [0.05, 0.1) is 15.1 Å². The number of nitro benzene ring substituents is 1. The van der Waals surface area contributed by atoms with Crippen molar-refractivity contribution in [1.82, 2.24) is 5.32 Å². The molecule has 3 aromatic carbocycles. The van der Waals surface area contributed by atoms with Gasteiger partial charge in [0.25, 0.3) is 17.5 Å². The highest BCUT2D eigenvalue weighted by Gasteiger charge is 2.37. The summed E-state index contributed by atoms with van der Waals surface area (Å²) in [6.07, 6.45) is 3.63. The number of carbonyl (C=O) groups is 4. The van der Waals surface area contributed by atoms with Gasteiger partial charge in [-0.15, -0.1) is 0 Å². The first-order chi connectivity index (χ1) is 18.5. The highest BCUT2D eigenvalue weighted by molar-refractivity contribution is 9.11. The van der Waals surface area contributed by atoms with Gasteiger partial charge in [-0.1, -0.05) is 44.0 Å². The van der Waals surface area contributed by atoms with Crippen molar-refractivity contribution < 1.29 is 28.8 Å². The fourth-order valence-electron chi connectivity index (χ4n) is 3.47. The molecular weight excluding hydrogens is 706 g/mol. The second-order valence-corrected chi connectivity index (χ2v) is 10.5. The van der Waals surface area contributed by atoms with Gasteiger partial charge in [0, 0.05) is 32.7 Å². The first-order valence-corrected chi connectivity index (χ1v) is 13.2. The molecule has 0 aromatic heterocycles. The molecule has 1 N–H and O–H groups in total. The van der Waals surface area contributed by atoms with Crippen LogP contribution in [0.25, 0.3) is 12.2 Å². The van der Waals surface area contributed by atoms with Crippen LogP contribution in [0.5, 0.6) is 5.75 Å². The molecule has 1 aliphatic heterocycles. The van der Waals surface area contributed by atoms with E-state index in [1.165, 1.54) is 48.6 Å². The molecule has 0 bridgehead atoms. The van der Waals surface area contributed by atoms with Crippen LogP contribution in [-0.2, 0) is 14.4 Å². The van der Waals surface area contributed by atoms with Crippen LogP contribution in [-0.4, -0.2) is 28.7 Å². The summed E-state index contributed by atoms with van der Waals surface area (Å²) in [7, 11) is 0. The van der Waals surface area contributed by atoms with Crippen molar-refractivity contribution in [3.8, 4) is 5.75 Å². The number of ether oxygens (including phenoxy) is 1. The van der Waals surface area contributed by atoms with Gasteiger partial charge in [-0.05, 0) is 70.0 Å². The van der Waals surface area contributed by atoms with E-state index in [0.717, 1.165) is 15.4 Å². The Morgan fingerprint density at radius 2 is 1.69 bits per heavy atom. The Kier molecular flexibility index (Phi) is 8.53. The van der Waals surface area contributed by atoms with Gasteiger partial charge in [0.15, 0.2) is 5.75 Å². The normalized spacial score (nSPS) is 14.6. The van der Waals surface area contributed by atoms with Gasteiger partial charge in [0.1, 0.15) is 5.57 Å². The van der Waals surface area contributed by atoms with Crippen LogP contribution in [0.2, 0.25) is 0 Å². The Bertz CT molecular complexity index is 1600. The predicted octanol–water partition coefficient (Wildman–Crippen LogP) is 6.17. The number of rotatable bonds is 6. The van der Waals surface area contributed by atoms with E-state index in [1.54, 1.807) is 24.3 Å². The van der Waals surface area contributed by atoms with Gasteiger partial charge in [-0.2, -0.15) is 0 Å². The zero-order chi connectivity index (χ0) is 28.3. The molecule has 4 amide bonds. The number of amides is 4. The Hall–Kier alpha value is -3.94. The number of non-ortho nitro benzene ring substituents is 1. The number of hydrogen-bond donors (Lipinski definition) is 1. The van der Waals surface area contributed by atoms with E-state index >= 15 is 0 Å². The predicted molar refractivity (Wildman–Crippen MR) is 153 cm³/mol. The smallest absolute Gasteiger partial charge is 0.336 e. The van der Waals surface area contributed by atoms with Gasteiger partial charge in [-0.3, -0.25) is 25.0 Å². The molecule has 13 heteroatoms. The molecule has 39 heavy (non-hydrogen) atoms. The highest BCUT2D eigenvalue weighted by Crippen LogP contribution is 2.35. The van der Waals surface area contributed by atoms with Crippen LogP contribution >= 0.6 is 47.8 Å². The topological polar surface area (TPSA) is 136 Å². The molecule has 1 saturated heterocycles. The van der Waals surface area contributed by atoms with E-state index in [-0.39, 0.29) is 28.3 Å². The maximum absolute atomic E-state index is 13.2. The summed E-state index contributed by atoms with van der Waals surface area (Å²) in [5.41, 5.74) is 0.318. The fraction of sp³-hybridized carbons (Fsp3) is 0. The Morgan fingerprint density at radius 1 is 0.974 bits per heavy atom. The van der Waals surface area contributed by atoms with Crippen molar-refractivity contribution in [2.24, 2.45) is 0 Å². The number of hydrogen-bond acceptors (Lipinski definition) is 7. The molecule has 0 radical (unpaired) electrons.